The number of nitrogens with zero attached hydrogens (tertiary/aromatic N) is 3. The lowest BCUT2D eigenvalue weighted by Gasteiger charge is -2.29. The smallest absolute Gasteiger partial charge is 0.101 e. The number of nitriles is 1. The summed E-state index contributed by atoms with van der Waals surface area (Å²) in [7, 11) is 4.05. The summed E-state index contributed by atoms with van der Waals surface area (Å²) in [5.74, 6) is 0. The molecule has 2 atom stereocenters. The number of hydrogen-bond donors (Lipinski definition) is 1. The molecule has 1 fully saturated rings. The molecule has 0 aromatic heterocycles. The summed E-state index contributed by atoms with van der Waals surface area (Å²) in [6.45, 7) is 1.49. The Labute approximate surface area is 108 Å². The van der Waals surface area contributed by atoms with Gasteiger partial charge in [0.1, 0.15) is 6.07 Å². The van der Waals surface area contributed by atoms with E-state index in [9.17, 15) is 5.11 Å². The zero-order valence-electron chi connectivity index (χ0n) is 10.9. The Kier molecular flexibility index (Phi) is 3.85. The van der Waals surface area contributed by atoms with Gasteiger partial charge in [-0.1, -0.05) is 12.1 Å². The fourth-order valence-corrected chi connectivity index (χ4v) is 2.60. The number of benzene rings is 1. The standard InChI is InChI=1S/C14H19N3O/c1-16(2)9-12-7-13(18)10-17(12)14-6-4-3-5-11(14)8-15/h3-6,12-13,18H,7,9-10H2,1-2H3. The number of para-hydroxylation sites is 1. The number of likely N-dealkylation sites (N-methyl/N-ethyl adjacent to an activating group) is 1. The van der Waals surface area contributed by atoms with Crippen LogP contribution < -0.4 is 4.90 Å². The summed E-state index contributed by atoms with van der Waals surface area (Å²) < 4.78 is 0. The predicted octanol–water partition coefficient (Wildman–Crippen LogP) is 1.06. The highest BCUT2D eigenvalue weighted by atomic mass is 16.3. The molecule has 0 bridgehead atoms. The fraction of sp³-hybridized carbons (Fsp3) is 0.500. The average molecular weight is 245 g/mol. The van der Waals surface area contributed by atoms with Crippen LogP contribution in [0.5, 0.6) is 0 Å². The van der Waals surface area contributed by atoms with E-state index < -0.39 is 0 Å². The van der Waals surface area contributed by atoms with Crippen LogP contribution in [0.2, 0.25) is 0 Å². The number of β-amino-alcohol motifs (C(OH)–C–C–N with tert-alkyl or cyclic N) is 1. The van der Waals surface area contributed by atoms with Crippen molar-refractivity contribution in [3.63, 3.8) is 0 Å². The van der Waals surface area contributed by atoms with Gasteiger partial charge in [0.15, 0.2) is 0 Å². The molecule has 1 aliphatic heterocycles. The van der Waals surface area contributed by atoms with E-state index in [0.29, 0.717) is 12.1 Å². The second kappa shape index (κ2) is 5.38. The van der Waals surface area contributed by atoms with Crippen molar-refractivity contribution in [2.45, 2.75) is 18.6 Å². The molecule has 2 rings (SSSR count). The Morgan fingerprint density at radius 2 is 2.17 bits per heavy atom. The monoisotopic (exact) mass is 245 g/mol. The zero-order chi connectivity index (χ0) is 13.1. The Morgan fingerprint density at radius 3 is 2.83 bits per heavy atom. The molecule has 4 heteroatoms. The van der Waals surface area contributed by atoms with Gasteiger partial charge in [-0.05, 0) is 32.6 Å². The van der Waals surface area contributed by atoms with Crippen LogP contribution in [0.25, 0.3) is 0 Å². The lowest BCUT2D eigenvalue weighted by Crippen LogP contribution is -2.37. The van der Waals surface area contributed by atoms with E-state index in [1.54, 1.807) is 0 Å². The van der Waals surface area contributed by atoms with Crippen LogP contribution in [-0.4, -0.2) is 49.3 Å². The van der Waals surface area contributed by atoms with Gasteiger partial charge in [0.05, 0.1) is 17.4 Å². The Bertz CT molecular complexity index is 453. The molecule has 96 valence electrons. The first kappa shape index (κ1) is 12.9. The van der Waals surface area contributed by atoms with Crippen molar-refractivity contribution >= 4 is 5.69 Å². The van der Waals surface area contributed by atoms with Crippen molar-refractivity contribution in [3.8, 4) is 6.07 Å². The maximum atomic E-state index is 9.86. The molecule has 1 heterocycles. The Hall–Kier alpha value is -1.57. The van der Waals surface area contributed by atoms with Gasteiger partial charge < -0.3 is 14.9 Å². The maximum Gasteiger partial charge on any atom is 0.101 e. The maximum absolute atomic E-state index is 9.86. The molecule has 1 aliphatic rings. The molecule has 0 spiro atoms. The number of hydrogen-bond acceptors (Lipinski definition) is 4. The largest absolute Gasteiger partial charge is 0.391 e. The first-order valence-electron chi connectivity index (χ1n) is 6.20. The van der Waals surface area contributed by atoms with Crippen LogP contribution in [0.3, 0.4) is 0 Å². The molecule has 1 saturated heterocycles. The van der Waals surface area contributed by atoms with E-state index in [2.05, 4.69) is 15.9 Å². The molecular weight excluding hydrogens is 226 g/mol. The summed E-state index contributed by atoms with van der Waals surface area (Å²) in [6.07, 6.45) is 0.458. The van der Waals surface area contributed by atoms with Gasteiger partial charge in [0, 0.05) is 19.1 Å². The van der Waals surface area contributed by atoms with Gasteiger partial charge >= 0.3 is 0 Å². The van der Waals surface area contributed by atoms with Crippen LogP contribution >= 0.6 is 0 Å². The second-order valence-electron chi connectivity index (χ2n) is 5.09. The number of rotatable bonds is 3. The molecule has 1 aromatic carbocycles. The van der Waals surface area contributed by atoms with Crippen LogP contribution in [0.1, 0.15) is 12.0 Å². The minimum atomic E-state index is -0.304. The molecule has 1 aromatic rings. The third kappa shape index (κ3) is 2.63. The molecule has 0 radical (unpaired) electrons. The summed E-state index contributed by atoms with van der Waals surface area (Å²) >= 11 is 0. The summed E-state index contributed by atoms with van der Waals surface area (Å²) in [5, 5.41) is 19.0. The van der Waals surface area contributed by atoms with E-state index >= 15 is 0 Å². The van der Waals surface area contributed by atoms with Crippen LogP contribution in [0.15, 0.2) is 24.3 Å². The normalized spacial score (nSPS) is 23.4. The number of aliphatic hydroxyl groups is 1. The van der Waals surface area contributed by atoms with Gasteiger partial charge in [0.2, 0.25) is 0 Å². The predicted molar refractivity (Wildman–Crippen MR) is 71.5 cm³/mol. The SMILES string of the molecule is CN(C)CC1CC(O)CN1c1ccccc1C#N. The zero-order valence-corrected chi connectivity index (χ0v) is 10.9. The summed E-state index contributed by atoms with van der Waals surface area (Å²) in [6, 6.07) is 10.1. The Balaban J connectivity index is 2.27. The van der Waals surface area contributed by atoms with Gasteiger partial charge in [-0.15, -0.1) is 0 Å². The first-order chi connectivity index (χ1) is 8.61. The van der Waals surface area contributed by atoms with Gasteiger partial charge in [0.25, 0.3) is 0 Å². The van der Waals surface area contributed by atoms with Crippen LogP contribution in [0.4, 0.5) is 5.69 Å². The lowest BCUT2D eigenvalue weighted by molar-refractivity contribution is 0.191. The van der Waals surface area contributed by atoms with Crippen molar-refractivity contribution in [2.75, 3.05) is 32.1 Å². The average Bonchev–Trinajstić information content (AvgIpc) is 2.69. The van der Waals surface area contributed by atoms with Gasteiger partial charge in [-0.2, -0.15) is 5.26 Å². The van der Waals surface area contributed by atoms with E-state index in [4.69, 9.17) is 5.26 Å². The topological polar surface area (TPSA) is 50.5 Å². The van der Waals surface area contributed by atoms with E-state index in [0.717, 1.165) is 18.7 Å². The highest BCUT2D eigenvalue weighted by molar-refractivity contribution is 5.60. The molecular formula is C14H19N3O. The molecule has 0 saturated carbocycles. The number of anilines is 1. The van der Waals surface area contributed by atoms with E-state index in [1.165, 1.54) is 0 Å². The first-order valence-corrected chi connectivity index (χ1v) is 6.20. The van der Waals surface area contributed by atoms with Crippen molar-refractivity contribution in [1.29, 1.82) is 5.26 Å². The molecule has 2 unspecified atom stereocenters. The van der Waals surface area contributed by atoms with Crippen LogP contribution in [0, 0.1) is 11.3 Å². The summed E-state index contributed by atoms with van der Waals surface area (Å²) in [5.41, 5.74) is 1.61. The van der Waals surface area contributed by atoms with E-state index in [1.807, 2.05) is 38.4 Å². The highest BCUT2D eigenvalue weighted by Crippen LogP contribution is 2.28. The second-order valence-corrected chi connectivity index (χ2v) is 5.09. The molecule has 1 N–H and O–H groups in total. The molecule has 0 aliphatic carbocycles. The summed E-state index contributed by atoms with van der Waals surface area (Å²) in [4.78, 5) is 4.27. The fourth-order valence-electron chi connectivity index (χ4n) is 2.60. The Morgan fingerprint density at radius 1 is 1.44 bits per heavy atom. The van der Waals surface area contributed by atoms with Crippen molar-refractivity contribution in [2.24, 2.45) is 0 Å². The quantitative estimate of drug-likeness (QED) is 0.865. The molecule has 18 heavy (non-hydrogen) atoms. The lowest BCUT2D eigenvalue weighted by atomic mass is 10.1. The highest BCUT2D eigenvalue weighted by Gasteiger charge is 2.32. The third-order valence-corrected chi connectivity index (χ3v) is 3.30. The van der Waals surface area contributed by atoms with Gasteiger partial charge in [-0.25, -0.2) is 0 Å². The van der Waals surface area contributed by atoms with E-state index in [-0.39, 0.29) is 12.1 Å². The number of aliphatic hydroxyl groups excluding tert-OH is 1. The minimum Gasteiger partial charge on any atom is -0.391 e. The van der Waals surface area contributed by atoms with Gasteiger partial charge in [-0.3, -0.25) is 0 Å². The van der Waals surface area contributed by atoms with Crippen molar-refractivity contribution < 1.29 is 5.11 Å². The molecule has 0 amide bonds. The van der Waals surface area contributed by atoms with Crippen molar-refractivity contribution in [3.05, 3.63) is 29.8 Å². The third-order valence-electron chi connectivity index (χ3n) is 3.30. The minimum absolute atomic E-state index is 0.268. The molecule has 4 nitrogen and oxygen atoms in total. The van der Waals surface area contributed by atoms with Crippen LogP contribution in [-0.2, 0) is 0 Å². The van der Waals surface area contributed by atoms with Crippen molar-refractivity contribution in [1.82, 2.24) is 4.90 Å².